The number of amides is 1. The minimum Gasteiger partial charge on any atom is -0.488 e. The van der Waals surface area contributed by atoms with E-state index in [4.69, 9.17) is 14.0 Å². The maximum atomic E-state index is 13.3. The number of carbonyl (C=O) groups excluding carboxylic acids is 2. The predicted molar refractivity (Wildman–Crippen MR) is 192 cm³/mol. The summed E-state index contributed by atoms with van der Waals surface area (Å²) >= 11 is 0. The molecule has 5 rings (SSSR count). The summed E-state index contributed by atoms with van der Waals surface area (Å²) in [6, 6.07) is 24.7. The zero-order chi connectivity index (χ0) is 35.2. The van der Waals surface area contributed by atoms with Crippen LogP contribution in [-0.2, 0) is 31.9 Å². The second kappa shape index (κ2) is 15.1. The van der Waals surface area contributed by atoms with Crippen LogP contribution in [0.2, 0.25) is 18.1 Å². The Balaban J connectivity index is 1.23. The number of sulfone groups is 1. The molecule has 0 spiro atoms. The summed E-state index contributed by atoms with van der Waals surface area (Å²) in [6.07, 6.45) is 4.63. The maximum Gasteiger partial charge on any atom is 0.433 e. The number of carbonyl (C=O) groups is 2. The highest BCUT2D eigenvalue weighted by molar-refractivity contribution is 7.92. The fraction of sp³-hybridized carbons (Fsp3) is 0.342. The molecular weight excluding hydrogens is 657 g/mol. The lowest BCUT2D eigenvalue weighted by Crippen LogP contribution is -2.51. The summed E-state index contributed by atoms with van der Waals surface area (Å²) in [4.78, 5) is 30.4. The average molecular weight is 701 g/mol. The van der Waals surface area contributed by atoms with Gasteiger partial charge in [-0.05, 0) is 83.6 Å². The second-order valence-corrected chi connectivity index (χ2v) is 20.5. The van der Waals surface area contributed by atoms with Gasteiger partial charge in [0.25, 0.3) is 0 Å². The molecule has 0 bridgehead atoms. The number of aromatic nitrogens is 1. The second-order valence-electron chi connectivity index (χ2n) is 13.8. The van der Waals surface area contributed by atoms with Crippen molar-refractivity contribution in [1.29, 1.82) is 0 Å². The Morgan fingerprint density at radius 1 is 0.959 bits per heavy atom. The van der Waals surface area contributed by atoms with Crippen molar-refractivity contribution in [3.05, 3.63) is 114 Å². The first kappa shape index (κ1) is 36.0. The summed E-state index contributed by atoms with van der Waals surface area (Å²) in [5.74, 6) is -0.297. The van der Waals surface area contributed by atoms with Crippen LogP contribution in [0, 0.1) is 0 Å². The summed E-state index contributed by atoms with van der Waals surface area (Å²) in [5.41, 5.74) is 4.22. The SMILES string of the molecule is CC(C)(C)[Si](C)(C)ON(C[C@H]1CCc2cc(-c3ccc(C(=O)CS(=O)(=O)c4ccccc4)cc3)ccc2O1)C(=O)OCCc1cccnc1. The molecule has 3 aromatic carbocycles. The van der Waals surface area contributed by atoms with Gasteiger partial charge < -0.3 is 14.0 Å². The zero-order valence-electron chi connectivity index (χ0n) is 28.7. The van der Waals surface area contributed by atoms with Gasteiger partial charge in [-0.25, -0.2) is 13.2 Å². The first-order chi connectivity index (χ1) is 23.2. The Labute approximate surface area is 290 Å². The average Bonchev–Trinajstić information content (AvgIpc) is 3.08. The van der Waals surface area contributed by atoms with E-state index in [0.29, 0.717) is 18.4 Å². The molecule has 49 heavy (non-hydrogen) atoms. The molecule has 1 amide bonds. The fourth-order valence-corrected chi connectivity index (χ4v) is 7.41. The predicted octanol–water partition coefficient (Wildman–Crippen LogP) is 7.72. The normalized spacial score (nSPS) is 14.8. The molecule has 0 N–H and O–H groups in total. The molecule has 0 fully saturated rings. The summed E-state index contributed by atoms with van der Waals surface area (Å²) < 4.78 is 43.9. The number of nitrogens with zero attached hydrogens (tertiary/aromatic N) is 2. The van der Waals surface area contributed by atoms with Crippen molar-refractivity contribution >= 4 is 30.0 Å². The number of hydrogen-bond donors (Lipinski definition) is 0. The van der Waals surface area contributed by atoms with E-state index < -0.39 is 35.8 Å². The van der Waals surface area contributed by atoms with Crippen LogP contribution in [0.3, 0.4) is 0 Å². The van der Waals surface area contributed by atoms with E-state index in [1.807, 2.05) is 36.4 Å². The minimum absolute atomic E-state index is 0.122. The number of benzene rings is 3. The minimum atomic E-state index is -3.73. The summed E-state index contributed by atoms with van der Waals surface area (Å²) in [6.45, 7) is 11.0. The van der Waals surface area contributed by atoms with Crippen LogP contribution in [0.4, 0.5) is 4.79 Å². The Morgan fingerprint density at radius 3 is 2.35 bits per heavy atom. The highest BCUT2D eigenvalue weighted by Crippen LogP contribution is 2.38. The van der Waals surface area contributed by atoms with Crippen molar-refractivity contribution < 1.29 is 32.0 Å². The first-order valence-corrected chi connectivity index (χ1v) is 21.0. The molecule has 0 saturated carbocycles. The Kier molecular flexibility index (Phi) is 11.1. The number of hydroxylamine groups is 2. The van der Waals surface area contributed by atoms with Crippen LogP contribution in [0.5, 0.6) is 5.75 Å². The Bertz CT molecular complexity index is 1860. The van der Waals surface area contributed by atoms with E-state index in [1.165, 1.54) is 17.2 Å². The third-order valence-electron chi connectivity index (χ3n) is 9.11. The molecule has 0 aliphatic carbocycles. The molecule has 0 saturated heterocycles. The van der Waals surface area contributed by atoms with Gasteiger partial charge in [-0.15, -0.1) is 0 Å². The number of ether oxygens (including phenoxy) is 2. The van der Waals surface area contributed by atoms with E-state index in [-0.39, 0.29) is 29.2 Å². The zero-order valence-corrected chi connectivity index (χ0v) is 30.5. The van der Waals surface area contributed by atoms with E-state index in [2.05, 4.69) is 44.9 Å². The van der Waals surface area contributed by atoms with Crippen molar-refractivity contribution in [3.63, 3.8) is 0 Å². The molecule has 4 aromatic rings. The van der Waals surface area contributed by atoms with Gasteiger partial charge in [0.2, 0.25) is 8.32 Å². The molecule has 9 nitrogen and oxygen atoms in total. The summed E-state index contributed by atoms with van der Waals surface area (Å²) in [5, 5.41) is 1.24. The van der Waals surface area contributed by atoms with Gasteiger partial charge in [-0.2, -0.15) is 5.06 Å². The van der Waals surface area contributed by atoms with Gasteiger partial charge in [-0.1, -0.05) is 75.4 Å². The van der Waals surface area contributed by atoms with Gasteiger partial charge in [0.05, 0.1) is 18.0 Å². The van der Waals surface area contributed by atoms with Crippen LogP contribution < -0.4 is 4.74 Å². The highest BCUT2D eigenvalue weighted by Gasteiger charge is 2.42. The molecule has 1 atom stereocenters. The lowest BCUT2D eigenvalue weighted by atomic mass is 9.96. The number of aryl methyl sites for hydroxylation is 1. The van der Waals surface area contributed by atoms with Gasteiger partial charge in [0, 0.05) is 24.4 Å². The number of rotatable bonds is 12. The first-order valence-electron chi connectivity index (χ1n) is 16.5. The van der Waals surface area contributed by atoms with Crippen LogP contribution >= 0.6 is 0 Å². The van der Waals surface area contributed by atoms with Gasteiger partial charge in [0.1, 0.15) is 17.6 Å². The monoisotopic (exact) mass is 700 g/mol. The fourth-order valence-electron chi connectivity index (χ4n) is 5.19. The van der Waals surface area contributed by atoms with Crippen molar-refractivity contribution in [2.24, 2.45) is 0 Å². The Morgan fingerprint density at radius 2 is 1.67 bits per heavy atom. The molecule has 1 aromatic heterocycles. The van der Waals surface area contributed by atoms with Crippen LogP contribution in [0.25, 0.3) is 11.1 Å². The third kappa shape index (κ3) is 9.23. The quantitative estimate of drug-likeness (QED) is 0.0839. The van der Waals surface area contributed by atoms with Gasteiger partial charge >= 0.3 is 6.09 Å². The van der Waals surface area contributed by atoms with Crippen molar-refractivity contribution in [2.75, 3.05) is 18.9 Å². The maximum absolute atomic E-state index is 13.3. The lowest BCUT2D eigenvalue weighted by Gasteiger charge is -2.40. The molecule has 0 unspecified atom stereocenters. The molecule has 2 heterocycles. The van der Waals surface area contributed by atoms with Crippen molar-refractivity contribution in [1.82, 2.24) is 10.0 Å². The lowest BCUT2D eigenvalue weighted by molar-refractivity contribution is -0.0795. The van der Waals surface area contributed by atoms with E-state index >= 15 is 0 Å². The molecule has 1 aliphatic heterocycles. The van der Waals surface area contributed by atoms with Crippen molar-refractivity contribution in [3.8, 4) is 16.9 Å². The molecule has 0 radical (unpaired) electrons. The third-order valence-corrected chi connectivity index (χ3v) is 15.0. The van der Waals surface area contributed by atoms with Crippen LogP contribution in [-0.4, -0.2) is 63.7 Å². The highest BCUT2D eigenvalue weighted by atomic mass is 32.2. The van der Waals surface area contributed by atoms with E-state index in [9.17, 15) is 18.0 Å². The van der Waals surface area contributed by atoms with E-state index in [0.717, 1.165) is 34.4 Å². The number of Topliss-reactive ketones (excluding diaryl/α,β-unsaturated/α-hetero) is 1. The van der Waals surface area contributed by atoms with Gasteiger partial charge in [0.15, 0.2) is 15.6 Å². The summed E-state index contributed by atoms with van der Waals surface area (Å²) in [7, 11) is -6.09. The number of pyridine rings is 1. The molecule has 1 aliphatic rings. The number of ketones is 1. The largest absolute Gasteiger partial charge is 0.488 e. The van der Waals surface area contributed by atoms with Crippen molar-refractivity contribution in [2.45, 2.75) is 69.2 Å². The molecule has 11 heteroatoms. The topological polar surface area (TPSA) is 112 Å². The molecule has 258 valence electrons. The smallest absolute Gasteiger partial charge is 0.433 e. The Hall–Kier alpha value is -4.32. The molecular formula is C38H44N2O7SSi. The van der Waals surface area contributed by atoms with E-state index in [1.54, 1.807) is 42.7 Å². The van der Waals surface area contributed by atoms with Crippen LogP contribution in [0.1, 0.15) is 48.7 Å². The van der Waals surface area contributed by atoms with Crippen LogP contribution in [0.15, 0.2) is 102 Å². The van der Waals surface area contributed by atoms with Gasteiger partial charge in [-0.3, -0.25) is 9.78 Å². The standard InChI is InChI=1S/C38H44N2O7SSi/c1-38(2,3)49(4,5)47-40(37(42)45-23-21-28-10-9-22-39-25-28)26-33-19-17-32-24-31(18-20-36(32)46-33)29-13-15-30(16-14-29)35(41)27-48(43,44)34-11-7-6-8-12-34/h6-16,18,20,22,24-25,33H,17,19,21,23,26-27H2,1-5H3/t33-/m1/s1. The number of fused-ring (bicyclic) bond motifs is 1. The number of hydrogen-bond acceptors (Lipinski definition) is 8.